The standard InChI is InChI=1S/C22H24N4O5/c1-21(2,3)31-20(30)24-15-9-5-7-13(11-15)17(27)23-16-10-6-8-14(12-16)22(4)18(28)25-19(29)26-22/h5-12H,1-4H3,(H,23,27)(H,24,30)(H2,25,26,28,29)/t22-/m0/s1. The summed E-state index contributed by atoms with van der Waals surface area (Å²) < 4.78 is 5.21. The van der Waals surface area contributed by atoms with E-state index in [-0.39, 0.29) is 0 Å². The molecule has 31 heavy (non-hydrogen) atoms. The van der Waals surface area contributed by atoms with Crippen molar-refractivity contribution in [3.8, 4) is 0 Å². The van der Waals surface area contributed by atoms with Crippen molar-refractivity contribution >= 4 is 35.3 Å². The number of ether oxygens (including phenoxy) is 1. The van der Waals surface area contributed by atoms with Crippen molar-refractivity contribution in [3.63, 3.8) is 0 Å². The molecule has 4 N–H and O–H groups in total. The van der Waals surface area contributed by atoms with Crippen LogP contribution in [0.1, 0.15) is 43.6 Å². The van der Waals surface area contributed by atoms with Crippen molar-refractivity contribution in [3.05, 3.63) is 59.7 Å². The van der Waals surface area contributed by atoms with Crippen LogP contribution in [0.25, 0.3) is 0 Å². The summed E-state index contributed by atoms with van der Waals surface area (Å²) in [4.78, 5) is 48.3. The summed E-state index contributed by atoms with van der Waals surface area (Å²) in [5.41, 5.74) is -0.173. The lowest BCUT2D eigenvalue weighted by atomic mass is 9.92. The van der Waals surface area contributed by atoms with E-state index in [9.17, 15) is 19.2 Å². The average Bonchev–Trinajstić information content (AvgIpc) is 2.93. The Hall–Kier alpha value is -3.88. The molecule has 2 aromatic carbocycles. The van der Waals surface area contributed by atoms with Crippen LogP contribution in [-0.2, 0) is 15.1 Å². The largest absolute Gasteiger partial charge is 0.444 e. The van der Waals surface area contributed by atoms with Crippen LogP contribution in [-0.4, -0.2) is 29.5 Å². The zero-order chi connectivity index (χ0) is 22.8. The number of carbonyl (C=O) groups is 4. The number of urea groups is 1. The minimum atomic E-state index is -1.23. The summed E-state index contributed by atoms with van der Waals surface area (Å²) in [7, 11) is 0. The Kier molecular flexibility index (Phi) is 5.70. The van der Waals surface area contributed by atoms with Crippen molar-refractivity contribution in [1.29, 1.82) is 0 Å². The number of hydrogen-bond acceptors (Lipinski definition) is 5. The molecule has 1 aliphatic heterocycles. The van der Waals surface area contributed by atoms with Gasteiger partial charge in [-0.1, -0.05) is 18.2 Å². The van der Waals surface area contributed by atoms with E-state index < -0.39 is 35.1 Å². The van der Waals surface area contributed by atoms with Crippen molar-refractivity contribution in [2.45, 2.75) is 38.8 Å². The molecule has 162 valence electrons. The van der Waals surface area contributed by atoms with Gasteiger partial charge in [0.25, 0.3) is 11.8 Å². The van der Waals surface area contributed by atoms with Crippen LogP contribution >= 0.6 is 0 Å². The van der Waals surface area contributed by atoms with Gasteiger partial charge in [0, 0.05) is 16.9 Å². The molecule has 0 radical (unpaired) electrons. The Morgan fingerprint density at radius 1 is 0.968 bits per heavy atom. The van der Waals surface area contributed by atoms with Gasteiger partial charge in [-0.3, -0.25) is 20.2 Å². The fraction of sp³-hybridized carbons (Fsp3) is 0.273. The quantitative estimate of drug-likeness (QED) is 0.560. The van der Waals surface area contributed by atoms with Gasteiger partial charge in [0.1, 0.15) is 11.1 Å². The second-order valence-corrected chi connectivity index (χ2v) is 8.28. The minimum Gasteiger partial charge on any atom is -0.444 e. The predicted molar refractivity (Wildman–Crippen MR) is 115 cm³/mol. The van der Waals surface area contributed by atoms with E-state index in [0.29, 0.717) is 22.5 Å². The van der Waals surface area contributed by atoms with Gasteiger partial charge >= 0.3 is 12.1 Å². The topological polar surface area (TPSA) is 126 Å². The van der Waals surface area contributed by atoms with Crippen LogP contribution in [0.4, 0.5) is 21.0 Å². The van der Waals surface area contributed by atoms with E-state index in [1.807, 2.05) is 0 Å². The van der Waals surface area contributed by atoms with Gasteiger partial charge in [-0.05, 0) is 63.6 Å². The van der Waals surface area contributed by atoms with Gasteiger partial charge in [-0.15, -0.1) is 0 Å². The molecule has 2 aromatic rings. The molecule has 0 aliphatic carbocycles. The van der Waals surface area contributed by atoms with Gasteiger partial charge in [0.05, 0.1) is 0 Å². The van der Waals surface area contributed by atoms with Crippen molar-refractivity contribution in [1.82, 2.24) is 10.6 Å². The van der Waals surface area contributed by atoms with Crippen LogP contribution in [0.3, 0.4) is 0 Å². The zero-order valence-corrected chi connectivity index (χ0v) is 17.7. The van der Waals surface area contributed by atoms with Crippen LogP contribution < -0.4 is 21.3 Å². The Morgan fingerprint density at radius 2 is 1.61 bits per heavy atom. The molecule has 9 nitrogen and oxygen atoms in total. The first-order valence-electron chi connectivity index (χ1n) is 9.62. The van der Waals surface area contributed by atoms with E-state index in [0.717, 1.165) is 0 Å². The fourth-order valence-electron chi connectivity index (χ4n) is 3.02. The number of hydrogen-bond donors (Lipinski definition) is 4. The third-order valence-electron chi connectivity index (χ3n) is 4.51. The van der Waals surface area contributed by atoms with E-state index in [1.165, 1.54) is 6.07 Å². The Balaban J connectivity index is 1.73. The Morgan fingerprint density at radius 3 is 2.23 bits per heavy atom. The van der Waals surface area contributed by atoms with Crippen molar-refractivity contribution < 1.29 is 23.9 Å². The summed E-state index contributed by atoms with van der Waals surface area (Å²) in [6.07, 6.45) is -0.622. The smallest absolute Gasteiger partial charge is 0.412 e. The highest BCUT2D eigenvalue weighted by Crippen LogP contribution is 2.27. The molecule has 1 saturated heterocycles. The first kappa shape index (κ1) is 21.8. The zero-order valence-electron chi connectivity index (χ0n) is 17.7. The second kappa shape index (κ2) is 8.10. The molecule has 0 bridgehead atoms. The van der Waals surface area contributed by atoms with E-state index in [4.69, 9.17) is 4.74 Å². The number of amides is 5. The lowest BCUT2D eigenvalue weighted by Gasteiger charge is -2.21. The number of anilines is 2. The van der Waals surface area contributed by atoms with Crippen LogP contribution in [0.5, 0.6) is 0 Å². The maximum Gasteiger partial charge on any atom is 0.412 e. The summed E-state index contributed by atoms with van der Waals surface area (Å²) in [5.74, 6) is -0.878. The molecule has 5 amide bonds. The molecule has 0 unspecified atom stereocenters. The number of imide groups is 1. The van der Waals surface area contributed by atoms with E-state index in [2.05, 4.69) is 21.3 Å². The highest BCUT2D eigenvalue weighted by atomic mass is 16.6. The Bertz CT molecular complexity index is 1060. The van der Waals surface area contributed by atoms with Crippen LogP contribution in [0, 0.1) is 0 Å². The lowest BCUT2D eigenvalue weighted by molar-refractivity contribution is -0.123. The maximum absolute atomic E-state index is 12.7. The molecule has 1 fully saturated rings. The second-order valence-electron chi connectivity index (χ2n) is 8.28. The molecule has 0 spiro atoms. The van der Waals surface area contributed by atoms with Crippen molar-refractivity contribution in [2.75, 3.05) is 10.6 Å². The summed E-state index contributed by atoms with van der Waals surface area (Å²) in [6.45, 7) is 6.85. The van der Waals surface area contributed by atoms with Gasteiger partial charge in [0.15, 0.2) is 0 Å². The normalized spacial score (nSPS) is 18.1. The van der Waals surface area contributed by atoms with Crippen LogP contribution in [0.2, 0.25) is 0 Å². The SMILES string of the molecule is CC(C)(C)OC(=O)Nc1cccc(C(=O)Nc2cccc([C@]3(C)NC(=O)NC3=O)c2)c1. The van der Waals surface area contributed by atoms with Gasteiger partial charge in [0.2, 0.25) is 0 Å². The van der Waals surface area contributed by atoms with E-state index >= 15 is 0 Å². The molecule has 3 rings (SSSR count). The maximum atomic E-state index is 12.7. The Labute approximate surface area is 179 Å². The molecule has 1 atom stereocenters. The predicted octanol–water partition coefficient (Wildman–Crippen LogP) is 3.34. The minimum absolute atomic E-state index is 0.317. The summed E-state index contributed by atoms with van der Waals surface area (Å²) in [6, 6.07) is 12.5. The molecule has 0 aromatic heterocycles. The molecule has 0 saturated carbocycles. The van der Waals surface area contributed by atoms with Gasteiger partial charge in [-0.2, -0.15) is 0 Å². The first-order chi connectivity index (χ1) is 14.5. The number of carbonyl (C=O) groups excluding carboxylic acids is 4. The average molecular weight is 424 g/mol. The van der Waals surface area contributed by atoms with E-state index in [1.54, 1.807) is 70.2 Å². The first-order valence-corrected chi connectivity index (χ1v) is 9.62. The van der Waals surface area contributed by atoms with Crippen LogP contribution in [0.15, 0.2) is 48.5 Å². The molecular formula is C22H24N4O5. The third-order valence-corrected chi connectivity index (χ3v) is 4.51. The fourth-order valence-corrected chi connectivity index (χ4v) is 3.02. The molecule has 9 heteroatoms. The monoisotopic (exact) mass is 424 g/mol. The molecule has 1 heterocycles. The van der Waals surface area contributed by atoms with Gasteiger partial charge < -0.3 is 15.4 Å². The number of rotatable bonds is 4. The lowest BCUT2D eigenvalue weighted by Crippen LogP contribution is -2.40. The van der Waals surface area contributed by atoms with Crippen molar-refractivity contribution in [2.24, 2.45) is 0 Å². The third kappa shape index (κ3) is 5.19. The highest BCUT2D eigenvalue weighted by molar-refractivity contribution is 6.08. The van der Waals surface area contributed by atoms with Gasteiger partial charge in [-0.25, -0.2) is 9.59 Å². The summed E-state index contributed by atoms with van der Waals surface area (Å²) >= 11 is 0. The summed E-state index contributed by atoms with van der Waals surface area (Å²) in [5, 5.41) is 10.1. The molecular weight excluding hydrogens is 400 g/mol. The highest BCUT2D eigenvalue weighted by Gasteiger charge is 2.43. The number of nitrogens with one attached hydrogen (secondary N) is 4. The molecule has 1 aliphatic rings. The number of benzene rings is 2.